The van der Waals surface area contributed by atoms with Gasteiger partial charge in [-0.05, 0) is 48.6 Å². The summed E-state index contributed by atoms with van der Waals surface area (Å²) in [6, 6.07) is 15.5. The van der Waals surface area contributed by atoms with Gasteiger partial charge in [0.15, 0.2) is 0 Å². The fraction of sp³-hybridized carbons (Fsp3) is 0.300. The summed E-state index contributed by atoms with van der Waals surface area (Å²) >= 11 is 0. The zero-order valence-electron chi connectivity index (χ0n) is 14.0. The summed E-state index contributed by atoms with van der Waals surface area (Å²) < 4.78 is 0. The average molecular weight is 335 g/mol. The number of carbonyl (C=O) groups excluding carboxylic acids is 2. The fourth-order valence-corrected chi connectivity index (χ4v) is 3.19. The standard InChI is InChI=1S/C20H21N3O2/c21-20(10-11-20)19(25)22-16-7-5-14(6-8-16)13-18(24)23-12-9-15-3-1-2-4-17(15)23/h1-8H,9-13,21H2,(H,22,25). The van der Waals surface area contributed by atoms with E-state index in [1.807, 2.05) is 47.4 Å². The number of fused-ring (bicyclic) bond motifs is 1. The first-order valence-corrected chi connectivity index (χ1v) is 8.63. The van der Waals surface area contributed by atoms with Crippen molar-refractivity contribution in [2.75, 3.05) is 16.8 Å². The predicted molar refractivity (Wildman–Crippen MR) is 97.4 cm³/mol. The molecule has 0 saturated heterocycles. The molecule has 1 aliphatic heterocycles. The van der Waals surface area contributed by atoms with E-state index in [-0.39, 0.29) is 11.8 Å². The molecule has 0 radical (unpaired) electrons. The van der Waals surface area contributed by atoms with Gasteiger partial charge in [-0.2, -0.15) is 0 Å². The molecule has 3 N–H and O–H groups in total. The molecule has 5 nitrogen and oxygen atoms in total. The second kappa shape index (κ2) is 6.01. The Hall–Kier alpha value is -2.66. The molecule has 1 aliphatic carbocycles. The Balaban J connectivity index is 1.40. The molecule has 2 aromatic carbocycles. The number of carbonyl (C=O) groups is 2. The molecule has 0 aromatic heterocycles. The van der Waals surface area contributed by atoms with Gasteiger partial charge >= 0.3 is 0 Å². The van der Waals surface area contributed by atoms with Crippen LogP contribution in [0, 0.1) is 0 Å². The van der Waals surface area contributed by atoms with Crippen LogP contribution in [0.25, 0.3) is 0 Å². The zero-order valence-corrected chi connectivity index (χ0v) is 14.0. The monoisotopic (exact) mass is 335 g/mol. The third kappa shape index (κ3) is 3.15. The Bertz CT molecular complexity index is 825. The predicted octanol–water partition coefficient (Wildman–Crippen LogP) is 2.25. The first kappa shape index (κ1) is 15.8. The minimum absolute atomic E-state index is 0.0978. The van der Waals surface area contributed by atoms with Gasteiger partial charge in [-0.15, -0.1) is 0 Å². The lowest BCUT2D eigenvalue weighted by Gasteiger charge is -2.17. The summed E-state index contributed by atoms with van der Waals surface area (Å²) in [5.41, 5.74) is 9.09. The van der Waals surface area contributed by atoms with Crippen LogP contribution in [0.15, 0.2) is 48.5 Å². The van der Waals surface area contributed by atoms with Crippen molar-refractivity contribution in [3.05, 3.63) is 59.7 Å². The normalized spacial score (nSPS) is 17.1. The summed E-state index contributed by atoms with van der Waals surface area (Å²) in [4.78, 5) is 26.4. The lowest BCUT2D eigenvalue weighted by atomic mass is 10.1. The highest BCUT2D eigenvalue weighted by Gasteiger charge is 2.45. The molecule has 4 rings (SSSR count). The highest BCUT2D eigenvalue weighted by atomic mass is 16.2. The van der Waals surface area contributed by atoms with E-state index < -0.39 is 5.54 Å². The Kier molecular flexibility index (Phi) is 3.81. The van der Waals surface area contributed by atoms with Crippen LogP contribution < -0.4 is 16.0 Å². The van der Waals surface area contributed by atoms with Crippen molar-refractivity contribution in [1.82, 2.24) is 0 Å². The Morgan fingerprint density at radius 1 is 1.08 bits per heavy atom. The number of para-hydroxylation sites is 1. The van der Waals surface area contributed by atoms with Crippen molar-refractivity contribution in [2.24, 2.45) is 5.73 Å². The molecule has 0 spiro atoms. The van der Waals surface area contributed by atoms with Gasteiger partial charge in [0.1, 0.15) is 0 Å². The first-order chi connectivity index (χ1) is 12.0. The lowest BCUT2D eigenvalue weighted by molar-refractivity contribution is -0.118. The van der Waals surface area contributed by atoms with Crippen LogP contribution in [-0.2, 0) is 22.4 Å². The maximum Gasteiger partial charge on any atom is 0.244 e. The number of rotatable bonds is 4. The van der Waals surface area contributed by atoms with Gasteiger partial charge in [0, 0.05) is 17.9 Å². The van der Waals surface area contributed by atoms with Gasteiger partial charge in [-0.3, -0.25) is 9.59 Å². The number of nitrogens with two attached hydrogens (primary N) is 1. The molecule has 2 amide bonds. The SMILES string of the molecule is NC1(C(=O)Nc2ccc(CC(=O)N3CCc4ccccc43)cc2)CC1. The minimum Gasteiger partial charge on any atom is -0.324 e. The molecule has 1 fully saturated rings. The minimum atomic E-state index is -0.683. The topological polar surface area (TPSA) is 75.4 Å². The van der Waals surface area contributed by atoms with E-state index in [1.54, 1.807) is 0 Å². The number of anilines is 2. The second-order valence-electron chi connectivity index (χ2n) is 6.91. The Morgan fingerprint density at radius 2 is 1.80 bits per heavy atom. The van der Waals surface area contributed by atoms with Gasteiger partial charge in [0.25, 0.3) is 0 Å². The smallest absolute Gasteiger partial charge is 0.244 e. The Morgan fingerprint density at radius 3 is 2.52 bits per heavy atom. The van der Waals surface area contributed by atoms with Crippen LogP contribution in [0.2, 0.25) is 0 Å². The summed E-state index contributed by atoms with van der Waals surface area (Å²) in [7, 11) is 0. The molecule has 0 bridgehead atoms. The molecular weight excluding hydrogens is 314 g/mol. The van der Waals surface area contributed by atoms with Crippen LogP contribution in [0.5, 0.6) is 0 Å². The van der Waals surface area contributed by atoms with Crippen LogP contribution in [0.1, 0.15) is 24.0 Å². The van der Waals surface area contributed by atoms with E-state index in [2.05, 4.69) is 11.4 Å². The summed E-state index contributed by atoms with van der Waals surface area (Å²) in [6.45, 7) is 0.741. The van der Waals surface area contributed by atoms with Crippen molar-refractivity contribution >= 4 is 23.2 Å². The maximum absolute atomic E-state index is 12.6. The van der Waals surface area contributed by atoms with E-state index in [1.165, 1.54) is 5.56 Å². The van der Waals surface area contributed by atoms with Crippen molar-refractivity contribution in [1.29, 1.82) is 0 Å². The van der Waals surface area contributed by atoms with Crippen molar-refractivity contribution in [2.45, 2.75) is 31.2 Å². The van der Waals surface area contributed by atoms with Gasteiger partial charge in [-0.1, -0.05) is 30.3 Å². The van der Waals surface area contributed by atoms with E-state index in [4.69, 9.17) is 5.73 Å². The molecule has 1 saturated carbocycles. The number of nitrogens with zero attached hydrogens (tertiary/aromatic N) is 1. The fourth-order valence-electron chi connectivity index (χ4n) is 3.19. The van der Waals surface area contributed by atoms with Crippen molar-refractivity contribution < 1.29 is 9.59 Å². The van der Waals surface area contributed by atoms with Crippen molar-refractivity contribution in [3.8, 4) is 0 Å². The van der Waals surface area contributed by atoms with Crippen LogP contribution in [0.3, 0.4) is 0 Å². The lowest BCUT2D eigenvalue weighted by Crippen LogP contribution is -2.37. The molecule has 0 unspecified atom stereocenters. The number of amides is 2. The molecule has 5 heteroatoms. The van der Waals surface area contributed by atoms with Crippen LogP contribution in [0.4, 0.5) is 11.4 Å². The van der Waals surface area contributed by atoms with Crippen LogP contribution >= 0.6 is 0 Å². The molecule has 2 aliphatic rings. The molecule has 0 atom stereocenters. The molecule has 128 valence electrons. The number of nitrogens with one attached hydrogen (secondary N) is 1. The molecular formula is C20H21N3O2. The van der Waals surface area contributed by atoms with Gasteiger partial charge in [0.2, 0.25) is 11.8 Å². The number of benzene rings is 2. The van der Waals surface area contributed by atoms with E-state index in [9.17, 15) is 9.59 Å². The van der Waals surface area contributed by atoms with Gasteiger partial charge in [0.05, 0.1) is 12.0 Å². The van der Waals surface area contributed by atoms with E-state index >= 15 is 0 Å². The largest absolute Gasteiger partial charge is 0.324 e. The van der Waals surface area contributed by atoms with Gasteiger partial charge < -0.3 is 16.0 Å². The highest BCUT2D eigenvalue weighted by Crippen LogP contribution is 2.33. The summed E-state index contributed by atoms with van der Waals surface area (Å²) in [5, 5.41) is 2.83. The molecule has 2 aromatic rings. The quantitative estimate of drug-likeness (QED) is 0.900. The maximum atomic E-state index is 12.6. The second-order valence-corrected chi connectivity index (χ2v) is 6.91. The third-order valence-corrected chi connectivity index (χ3v) is 5.00. The third-order valence-electron chi connectivity index (χ3n) is 5.00. The highest BCUT2D eigenvalue weighted by molar-refractivity contribution is 6.00. The summed E-state index contributed by atoms with van der Waals surface area (Å²) in [6.07, 6.45) is 2.74. The molecule has 1 heterocycles. The number of hydrogen-bond acceptors (Lipinski definition) is 3. The zero-order chi connectivity index (χ0) is 17.4. The summed E-state index contributed by atoms with van der Waals surface area (Å²) in [5.74, 6) is -0.0365. The number of hydrogen-bond donors (Lipinski definition) is 2. The van der Waals surface area contributed by atoms with E-state index in [0.29, 0.717) is 12.1 Å². The Labute approximate surface area is 146 Å². The first-order valence-electron chi connectivity index (χ1n) is 8.63. The van der Waals surface area contributed by atoms with Gasteiger partial charge in [-0.25, -0.2) is 0 Å². The van der Waals surface area contributed by atoms with E-state index in [0.717, 1.165) is 37.1 Å². The van der Waals surface area contributed by atoms with Crippen molar-refractivity contribution in [3.63, 3.8) is 0 Å². The molecule has 25 heavy (non-hydrogen) atoms. The van der Waals surface area contributed by atoms with Crippen LogP contribution in [-0.4, -0.2) is 23.9 Å². The average Bonchev–Trinajstić information content (AvgIpc) is 3.22.